The van der Waals surface area contributed by atoms with Crippen molar-refractivity contribution in [3.63, 3.8) is 0 Å². The molecule has 7 aliphatic carbocycles. The number of hydrogen-bond donors (Lipinski definition) is 9. The Labute approximate surface area is 845 Å². The average molecular weight is 2120 g/mol. The van der Waals surface area contributed by atoms with E-state index in [-0.39, 0.29) is 169 Å². The largest absolute Gasteiger partial charge is 1.00 e. The Hall–Kier alpha value is -9.75. The van der Waals surface area contributed by atoms with Gasteiger partial charge in [0.05, 0.1) is 29.2 Å². The maximum absolute atomic E-state index is 13.5. The number of ether oxygens (including phenoxy) is 2. The van der Waals surface area contributed by atoms with Gasteiger partial charge in [0.15, 0.2) is 0 Å². The van der Waals surface area contributed by atoms with Crippen LogP contribution in [0.1, 0.15) is 218 Å². The van der Waals surface area contributed by atoms with E-state index in [1.165, 1.54) is 79.4 Å². The SMILES string of the molecule is CC(I=N)c1cc(NC(=O)C2CC2)ncn1.CN(C(=O)OC(C)(C)C)c1cc(Cl)ncn1.CN(C(=O)OC(C)(C)C)c1cc(NC(=O)C2CC2)ncn1.CN(c1cc(N)ncn1)c1cc(Cl)c2n(c1=O)C1(CCCC1)NC2=O.CN(c1cc(NC(=O)C2CC2)ncn1)c1cc(Cl)c2n(c1=O)C1(CCCC1)NC2=O.NC(=O)C1CC1.O=C1NC2(CCCC2)n2c1c(Cl)cc(Br)c2=O.[K+].[OH-]. The number of nitrogens with zero attached hydrogens (tertiary/aromatic N) is 17. The molecule has 7 fully saturated rings. The number of fused-ring (bicyclic) bond motifs is 6. The van der Waals surface area contributed by atoms with Gasteiger partial charge in [0, 0.05) is 82.2 Å². The number of aromatic nitrogens is 13. The molecule has 8 aromatic rings. The molecule has 10 aliphatic rings. The average Bonchev–Trinajstić information content (AvgIpc) is 1.58. The van der Waals surface area contributed by atoms with Gasteiger partial charge in [-0.05, 0) is 232 Å². The molecule has 8 aromatic heterocycles. The molecule has 0 saturated heterocycles. The van der Waals surface area contributed by atoms with E-state index in [9.17, 15) is 57.5 Å². The van der Waals surface area contributed by atoms with Crippen molar-refractivity contribution < 1.29 is 109 Å². The molecule has 1 atom stereocenters. The first-order valence-corrected chi connectivity index (χ1v) is 47.0. The van der Waals surface area contributed by atoms with Gasteiger partial charge in [-0.25, -0.2) is 59.4 Å². The number of primary amides is 1. The second-order valence-corrected chi connectivity index (χ2v) is 39.8. The molecule has 3 spiro atoms. The molecule has 3 aliphatic heterocycles. The van der Waals surface area contributed by atoms with Crippen LogP contribution in [0.2, 0.25) is 20.2 Å². The van der Waals surface area contributed by atoms with Crippen LogP contribution in [0.5, 0.6) is 0 Å². The summed E-state index contributed by atoms with van der Waals surface area (Å²) in [6.45, 7) is 12.7. The number of anilines is 10. The van der Waals surface area contributed by atoms with Crippen molar-refractivity contribution in [2.24, 2.45) is 29.4 Å². The number of alkyl halides is 1. The first-order chi connectivity index (χ1) is 61.9. The quantitative estimate of drug-likeness (QED) is 0.0199. The molecule has 1 unspecified atom stereocenters. The van der Waals surface area contributed by atoms with Crippen LogP contribution >= 0.6 is 83.4 Å². The van der Waals surface area contributed by atoms with Crippen molar-refractivity contribution in [3.8, 4) is 0 Å². The number of carbonyl (C=O) groups excluding carboxylic acids is 9. The molecule has 11 heterocycles. The van der Waals surface area contributed by atoms with E-state index in [2.05, 4.69) is 97.7 Å². The number of halogens is 6. The van der Waals surface area contributed by atoms with E-state index in [4.69, 9.17) is 70.9 Å². The Morgan fingerprint density at radius 2 is 0.805 bits per heavy atom. The smallest absolute Gasteiger partial charge is 0.870 e. The minimum atomic E-state index is -0.709. The third kappa shape index (κ3) is 26.1. The number of amides is 9. The predicted molar refractivity (Wildman–Crippen MR) is 505 cm³/mol. The van der Waals surface area contributed by atoms with Gasteiger partial charge >= 0.3 is 63.6 Å². The summed E-state index contributed by atoms with van der Waals surface area (Å²) in [6.07, 6.45) is 23.5. The monoisotopic (exact) mass is 2110 g/mol. The zero-order chi connectivity index (χ0) is 95.1. The van der Waals surface area contributed by atoms with Gasteiger partial charge in [0.2, 0.25) is 23.6 Å². The van der Waals surface area contributed by atoms with Crippen LogP contribution in [0.25, 0.3) is 0 Å². The van der Waals surface area contributed by atoms with Gasteiger partial charge in [0.1, 0.15) is 140 Å². The van der Waals surface area contributed by atoms with E-state index in [0.717, 1.165) is 121 Å². The third-order valence-corrected chi connectivity index (χ3v) is 25.7. The fourth-order valence-electron chi connectivity index (χ4n) is 15.1. The van der Waals surface area contributed by atoms with E-state index in [1.807, 2.05) is 6.92 Å². The third-order valence-electron chi connectivity index (χ3n) is 22.5. The number of nitrogens with one attached hydrogen (secondary N) is 7. The van der Waals surface area contributed by atoms with Crippen LogP contribution < -0.4 is 131 Å². The van der Waals surface area contributed by atoms with Gasteiger partial charge in [-0.3, -0.25) is 75.0 Å². The summed E-state index contributed by atoms with van der Waals surface area (Å²) in [6, 6.07) is 12.5. The second kappa shape index (κ2) is 44.4. The van der Waals surface area contributed by atoms with E-state index in [1.54, 1.807) is 104 Å². The number of rotatable bonds is 15. The van der Waals surface area contributed by atoms with Crippen molar-refractivity contribution in [2.45, 2.75) is 209 Å². The molecule has 0 bridgehead atoms. The summed E-state index contributed by atoms with van der Waals surface area (Å²) in [4.78, 5) is 190. The Morgan fingerprint density at radius 3 is 1.15 bits per heavy atom. The van der Waals surface area contributed by atoms with Gasteiger partial charge in [-0.1, -0.05) is 46.4 Å². The van der Waals surface area contributed by atoms with Gasteiger partial charge in [-0.2, -0.15) is 0 Å². The molecule has 9 amide bonds. The van der Waals surface area contributed by atoms with Crippen LogP contribution in [-0.2, 0) is 45.6 Å². The van der Waals surface area contributed by atoms with Gasteiger partial charge in [0.25, 0.3) is 34.4 Å². The van der Waals surface area contributed by atoms with Gasteiger partial charge < -0.3 is 68.1 Å². The summed E-state index contributed by atoms with van der Waals surface area (Å²) in [5.74, 6) is 2.80. The molecule has 706 valence electrons. The molecule has 41 nitrogen and oxygen atoms in total. The Morgan fingerprint density at radius 1 is 0.481 bits per heavy atom. The summed E-state index contributed by atoms with van der Waals surface area (Å²) in [5.41, 5.74) is 8.95. The van der Waals surface area contributed by atoms with Crippen molar-refractivity contribution >= 4 is 195 Å². The summed E-state index contributed by atoms with van der Waals surface area (Å²) >= 11 is 27.1. The normalized spacial score (nSPS) is 16.8. The van der Waals surface area contributed by atoms with Crippen LogP contribution in [0.4, 0.5) is 67.5 Å². The molecular formula is C85H103BrCl4IKN26O15. The molecule has 7 saturated carbocycles. The minimum Gasteiger partial charge on any atom is -0.870 e. The first kappa shape index (κ1) is 105. The standard InChI is InChI=1S/C20H21ClN6O3.C16H17ClN6O2.C14H20N4O3.C11H10BrClN2O2.C10H14ClN3O2.C10H13IN4O.C4H7NO.K.H2O/c1-26(15-9-14(22-10-23-15)24-17(28)11-4-5-11)13-8-12(21)16-18(29)25-20(6-2-3-7-20)27(16)19(13)30;1-22(12-7-11(18)19-8-20-12)10-6-9(17)13-14(24)21-16(4-2-3-5-16)23(13)15(10)25;1-14(2,3)21-13(20)18(4)11-7-10(15-8-16-11)17-12(19)9-5-6-9;12-6-5-7(13)8-9(16)14-11(3-1-2-4-11)15(8)10(6)17;1-10(2,3)16-9(15)14(4)8-5-7(11)12-6-13-8;1-6(11-12)8-4-9(14-5-13-8)15-10(16)7-2-3-7;5-4(6)3-1-2-3;;/h8-11H,2-7H2,1H3,(H,25,29)(H,22,23,24,28);6-8H,2-5H2,1H3,(H,21,24)(H2,18,19,20);7-9H,5-6H2,1-4H3,(H,15,16,17,19);5H,1-4H2,(H,14,16);5-6H,1-4H3;4-7,12H,2-3H2,1H3,(H,13,14,15,16);3H,1-2H2,(H2,5,6);;1H2/q;;;;;;;+1;/p-1. The predicted octanol–water partition coefficient (Wildman–Crippen LogP) is 10.3. The fraction of sp³-hybridized carbons (Fsp3) is 0.482. The van der Waals surface area contributed by atoms with Crippen molar-refractivity contribution in [3.05, 3.63) is 159 Å². The Balaban J connectivity index is 0.000000165. The Bertz CT molecular complexity index is 5950. The zero-order valence-corrected chi connectivity index (χ0v) is 85.1. The number of nitrogen functional groups attached to an aromatic ring is 1. The Kier molecular flexibility index (Phi) is 35.1. The molecular weight excluding hydrogens is 2010 g/mol. The number of nitrogens with two attached hydrogens (primary N) is 2. The molecule has 133 heavy (non-hydrogen) atoms. The maximum Gasteiger partial charge on any atom is 1.00 e. The van der Waals surface area contributed by atoms with Crippen LogP contribution in [0.15, 0.2) is 99.0 Å². The maximum atomic E-state index is 13.5. The summed E-state index contributed by atoms with van der Waals surface area (Å²) in [5, 5.41) is 18.2. The zero-order valence-electron chi connectivity index (χ0n) is 75.2. The summed E-state index contributed by atoms with van der Waals surface area (Å²) < 4.78 is 23.0. The molecule has 48 heteroatoms. The molecule has 0 aromatic carbocycles. The topological polar surface area (TPSA) is 558 Å². The number of pyridine rings is 3. The van der Waals surface area contributed by atoms with E-state index >= 15 is 0 Å². The van der Waals surface area contributed by atoms with E-state index in [0.29, 0.717) is 85.9 Å². The molecule has 18 rings (SSSR count). The van der Waals surface area contributed by atoms with Crippen LogP contribution in [0, 0.1) is 27.2 Å². The van der Waals surface area contributed by atoms with Crippen molar-refractivity contribution in [2.75, 3.05) is 69.5 Å². The fourth-order valence-corrected chi connectivity index (χ4v) is 17.3. The number of hydrogen-bond acceptors (Lipinski definition) is 29. The van der Waals surface area contributed by atoms with Crippen LogP contribution in [0.3, 0.4) is 0 Å². The van der Waals surface area contributed by atoms with E-state index < -0.39 is 61.4 Å². The van der Waals surface area contributed by atoms with Crippen molar-refractivity contribution in [1.82, 2.24) is 79.5 Å². The van der Waals surface area contributed by atoms with Gasteiger partial charge in [-0.15, -0.1) is 0 Å². The molecule has 0 radical (unpaired) electrons. The van der Waals surface area contributed by atoms with Crippen molar-refractivity contribution in [1.29, 1.82) is 3.56 Å². The minimum absolute atomic E-state index is 0. The first-order valence-electron chi connectivity index (χ1n) is 42.4. The van der Waals surface area contributed by atoms with Crippen LogP contribution in [-0.4, -0.2) is 162 Å². The number of carbonyl (C=O) groups is 9. The summed E-state index contributed by atoms with van der Waals surface area (Å²) in [7, 11) is 6.52. The molecule has 12 N–H and O–H groups in total. The second-order valence-electron chi connectivity index (χ2n) is 34.9.